The number of carbonyl (C=O) groups is 1. The first kappa shape index (κ1) is 18.9. The maximum absolute atomic E-state index is 12.8. The molecule has 1 saturated heterocycles. The summed E-state index contributed by atoms with van der Waals surface area (Å²) in [6.45, 7) is 3.16. The number of carbonyl (C=O) groups excluding carboxylic acids is 1. The molecule has 1 unspecified atom stereocenters. The normalized spacial score (nSPS) is 23.3. The molecule has 7 heteroatoms. The fraction of sp³-hybridized carbons (Fsp3) is 0.579. The number of benzene rings is 1. The third-order valence-corrected chi connectivity index (χ3v) is 7.35. The number of nitrogens with zero attached hydrogens (tertiary/aromatic N) is 2. The van der Waals surface area contributed by atoms with E-state index in [1.165, 1.54) is 16.4 Å². The van der Waals surface area contributed by atoms with Crippen LogP contribution in [0.15, 0.2) is 29.2 Å². The van der Waals surface area contributed by atoms with Gasteiger partial charge in [-0.3, -0.25) is 4.79 Å². The van der Waals surface area contributed by atoms with Crippen molar-refractivity contribution in [2.75, 3.05) is 18.4 Å². The van der Waals surface area contributed by atoms with Crippen LogP contribution in [-0.4, -0.2) is 31.7 Å². The first-order valence-corrected chi connectivity index (χ1v) is 10.6. The Labute approximate surface area is 155 Å². The molecule has 1 aliphatic carbocycles. The summed E-state index contributed by atoms with van der Waals surface area (Å²) < 4.78 is 27.1. The van der Waals surface area contributed by atoms with Gasteiger partial charge in [-0.2, -0.15) is 9.57 Å². The van der Waals surface area contributed by atoms with Crippen LogP contribution in [-0.2, 0) is 14.8 Å². The van der Waals surface area contributed by atoms with Crippen molar-refractivity contribution < 1.29 is 13.2 Å². The minimum Gasteiger partial charge on any atom is -0.325 e. The van der Waals surface area contributed by atoms with E-state index in [1.807, 2.05) is 0 Å². The second-order valence-electron chi connectivity index (χ2n) is 7.49. The van der Waals surface area contributed by atoms with E-state index in [9.17, 15) is 18.5 Å². The number of piperidine rings is 1. The van der Waals surface area contributed by atoms with Gasteiger partial charge in [-0.1, -0.05) is 19.8 Å². The summed E-state index contributed by atoms with van der Waals surface area (Å²) >= 11 is 0. The zero-order chi connectivity index (χ0) is 18.8. The molecule has 2 aliphatic rings. The van der Waals surface area contributed by atoms with Gasteiger partial charge in [0.15, 0.2) is 0 Å². The van der Waals surface area contributed by atoms with E-state index < -0.39 is 15.4 Å². The zero-order valence-corrected chi connectivity index (χ0v) is 15.9. The molecule has 0 bridgehead atoms. The van der Waals surface area contributed by atoms with E-state index in [4.69, 9.17) is 0 Å². The largest absolute Gasteiger partial charge is 0.325 e. The summed E-state index contributed by atoms with van der Waals surface area (Å²) in [5, 5.41) is 12.2. The summed E-state index contributed by atoms with van der Waals surface area (Å²) in [5.74, 6) is 0.0728. The molecule has 0 radical (unpaired) electrons. The number of anilines is 1. The molecule has 1 heterocycles. The highest BCUT2D eigenvalue weighted by molar-refractivity contribution is 7.89. The lowest BCUT2D eigenvalue weighted by atomic mass is 9.87. The number of hydrogen-bond acceptors (Lipinski definition) is 4. The first-order chi connectivity index (χ1) is 12.4. The molecular weight excluding hydrogens is 350 g/mol. The van der Waals surface area contributed by atoms with Crippen LogP contribution in [0.1, 0.15) is 45.4 Å². The number of hydrogen-bond donors (Lipinski definition) is 1. The average Bonchev–Trinajstić information content (AvgIpc) is 3.12. The van der Waals surface area contributed by atoms with E-state index in [0.29, 0.717) is 37.5 Å². The number of sulfonamides is 1. The van der Waals surface area contributed by atoms with Crippen molar-refractivity contribution in [2.24, 2.45) is 11.3 Å². The number of nitriles is 1. The third kappa shape index (κ3) is 3.62. The maximum Gasteiger partial charge on any atom is 0.244 e. The number of amides is 1. The Morgan fingerprint density at radius 3 is 2.46 bits per heavy atom. The van der Waals surface area contributed by atoms with E-state index in [0.717, 1.165) is 25.7 Å². The second-order valence-corrected chi connectivity index (χ2v) is 9.43. The minimum absolute atomic E-state index is 0.237. The van der Waals surface area contributed by atoms with Crippen LogP contribution in [0.25, 0.3) is 0 Å². The van der Waals surface area contributed by atoms with Gasteiger partial charge in [-0.25, -0.2) is 8.42 Å². The lowest BCUT2D eigenvalue weighted by Crippen LogP contribution is -2.39. The summed E-state index contributed by atoms with van der Waals surface area (Å²) in [6.07, 6.45) is 4.85. The molecule has 1 amide bonds. The number of rotatable bonds is 4. The quantitative estimate of drug-likeness (QED) is 0.875. The van der Waals surface area contributed by atoms with Gasteiger partial charge >= 0.3 is 0 Å². The van der Waals surface area contributed by atoms with Gasteiger partial charge in [0.1, 0.15) is 5.41 Å². The van der Waals surface area contributed by atoms with E-state index in [1.54, 1.807) is 12.1 Å². The lowest BCUT2D eigenvalue weighted by Gasteiger charge is -2.30. The molecule has 1 N–H and O–H groups in total. The Morgan fingerprint density at radius 1 is 1.23 bits per heavy atom. The van der Waals surface area contributed by atoms with Gasteiger partial charge in [0.2, 0.25) is 15.9 Å². The monoisotopic (exact) mass is 375 g/mol. The predicted octanol–water partition coefficient (Wildman–Crippen LogP) is 3.13. The highest BCUT2D eigenvalue weighted by Crippen LogP contribution is 2.38. The van der Waals surface area contributed by atoms with Crippen molar-refractivity contribution in [1.82, 2.24) is 4.31 Å². The molecule has 6 nitrogen and oxygen atoms in total. The molecule has 1 aromatic rings. The fourth-order valence-electron chi connectivity index (χ4n) is 3.84. The molecular formula is C19H25N3O3S. The van der Waals surface area contributed by atoms with Crippen molar-refractivity contribution >= 4 is 21.6 Å². The van der Waals surface area contributed by atoms with E-state index in [-0.39, 0.29) is 10.8 Å². The lowest BCUT2D eigenvalue weighted by molar-refractivity contribution is -0.122. The highest BCUT2D eigenvalue weighted by atomic mass is 32.2. The molecule has 1 atom stereocenters. The van der Waals surface area contributed by atoms with Crippen LogP contribution in [0.2, 0.25) is 0 Å². The molecule has 3 rings (SSSR count). The van der Waals surface area contributed by atoms with Gasteiger partial charge in [-0.05, 0) is 55.9 Å². The summed E-state index contributed by atoms with van der Waals surface area (Å²) in [6, 6.07) is 8.41. The Hall–Kier alpha value is -1.91. The Kier molecular flexibility index (Phi) is 5.35. The van der Waals surface area contributed by atoms with Crippen molar-refractivity contribution in [3.05, 3.63) is 24.3 Å². The van der Waals surface area contributed by atoms with Crippen LogP contribution in [0, 0.1) is 22.7 Å². The average molecular weight is 375 g/mol. The van der Waals surface area contributed by atoms with Crippen molar-refractivity contribution in [1.29, 1.82) is 5.26 Å². The molecule has 26 heavy (non-hydrogen) atoms. The van der Waals surface area contributed by atoms with Gasteiger partial charge < -0.3 is 5.32 Å². The van der Waals surface area contributed by atoms with Crippen LogP contribution in [0.3, 0.4) is 0 Å². The van der Waals surface area contributed by atoms with E-state index >= 15 is 0 Å². The fourth-order valence-corrected chi connectivity index (χ4v) is 5.44. The Morgan fingerprint density at radius 2 is 1.88 bits per heavy atom. The molecule has 0 aromatic heterocycles. The van der Waals surface area contributed by atoms with Gasteiger partial charge in [0.25, 0.3) is 0 Å². The van der Waals surface area contributed by atoms with Crippen LogP contribution >= 0.6 is 0 Å². The molecule has 2 fully saturated rings. The van der Waals surface area contributed by atoms with Gasteiger partial charge in [0, 0.05) is 18.8 Å². The summed E-state index contributed by atoms with van der Waals surface area (Å²) in [7, 11) is -3.50. The van der Waals surface area contributed by atoms with Crippen molar-refractivity contribution in [3.63, 3.8) is 0 Å². The van der Waals surface area contributed by atoms with Crippen LogP contribution in [0.4, 0.5) is 5.69 Å². The van der Waals surface area contributed by atoms with Crippen LogP contribution < -0.4 is 5.32 Å². The smallest absolute Gasteiger partial charge is 0.244 e. The van der Waals surface area contributed by atoms with Crippen LogP contribution in [0.5, 0.6) is 0 Å². The summed E-state index contributed by atoms with van der Waals surface area (Å²) in [4.78, 5) is 12.7. The highest BCUT2D eigenvalue weighted by Gasteiger charge is 2.41. The molecule has 140 valence electrons. The van der Waals surface area contributed by atoms with E-state index in [2.05, 4.69) is 18.3 Å². The van der Waals surface area contributed by atoms with Crippen molar-refractivity contribution in [2.45, 2.75) is 50.3 Å². The Balaban J connectivity index is 1.72. The SMILES string of the molecule is CC1CCCN(S(=O)(=O)c2ccc(NC(=O)C3(C#N)CCCC3)cc2)C1. The maximum atomic E-state index is 12.8. The third-order valence-electron chi connectivity index (χ3n) is 5.48. The molecule has 1 aromatic carbocycles. The second kappa shape index (κ2) is 7.37. The van der Waals surface area contributed by atoms with Gasteiger partial charge in [0.05, 0.1) is 11.0 Å². The van der Waals surface area contributed by atoms with Crippen molar-refractivity contribution in [3.8, 4) is 6.07 Å². The number of nitrogens with one attached hydrogen (secondary N) is 1. The zero-order valence-electron chi connectivity index (χ0n) is 15.1. The topological polar surface area (TPSA) is 90.3 Å². The molecule has 0 spiro atoms. The minimum atomic E-state index is -3.50. The van der Waals surface area contributed by atoms with Gasteiger partial charge in [-0.15, -0.1) is 0 Å². The molecule has 1 saturated carbocycles. The summed E-state index contributed by atoms with van der Waals surface area (Å²) in [5.41, 5.74) is -0.434. The predicted molar refractivity (Wildman–Crippen MR) is 98.7 cm³/mol. The molecule has 1 aliphatic heterocycles. The standard InChI is InChI=1S/C19H25N3O3S/c1-15-5-4-12-22(13-15)26(24,25)17-8-6-16(7-9-17)21-18(23)19(14-20)10-2-3-11-19/h6-9,15H,2-5,10-13H2,1H3,(H,21,23). The Bertz CT molecular complexity index is 805. The first-order valence-electron chi connectivity index (χ1n) is 9.20.